The van der Waals surface area contributed by atoms with Crippen LogP contribution in [0.4, 0.5) is 0 Å². The summed E-state index contributed by atoms with van der Waals surface area (Å²) in [5, 5.41) is 13.1. The first-order valence-electron chi connectivity index (χ1n) is 6.47. The summed E-state index contributed by atoms with van der Waals surface area (Å²) in [5.41, 5.74) is -0.0193. The molecule has 0 aromatic rings. The van der Waals surface area contributed by atoms with Crippen molar-refractivity contribution < 1.29 is 9.84 Å². The topological polar surface area (TPSA) is 41.5 Å². The van der Waals surface area contributed by atoms with Crippen LogP contribution in [0.5, 0.6) is 0 Å². The first-order chi connectivity index (χ1) is 7.62. The van der Waals surface area contributed by atoms with Crippen LogP contribution in [-0.4, -0.2) is 37.5 Å². The Balaban J connectivity index is 2.36. The van der Waals surface area contributed by atoms with Crippen molar-refractivity contribution in [3.05, 3.63) is 0 Å². The molecule has 0 bridgehead atoms. The predicted molar refractivity (Wildman–Crippen MR) is 66.5 cm³/mol. The Labute approximate surface area is 99.6 Å². The highest BCUT2D eigenvalue weighted by molar-refractivity contribution is 4.92. The maximum absolute atomic E-state index is 9.58. The van der Waals surface area contributed by atoms with Crippen molar-refractivity contribution in [1.82, 2.24) is 5.32 Å². The van der Waals surface area contributed by atoms with Gasteiger partial charge in [-0.25, -0.2) is 0 Å². The van der Waals surface area contributed by atoms with Gasteiger partial charge in [0.25, 0.3) is 0 Å². The van der Waals surface area contributed by atoms with Crippen LogP contribution in [0.25, 0.3) is 0 Å². The molecule has 1 saturated carbocycles. The monoisotopic (exact) mass is 229 g/mol. The number of methoxy groups -OCH3 is 1. The highest BCUT2D eigenvalue weighted by Crippen LogP contribution is 2.31. The number of aliphatic hydroxyl groups excluding tert-OH is 1. The normalized spacial score (nSPS) is 32.6. The molecule has 1 rings (SSSR count). The standard InChI is InChI=1S/C13H27NO2/c1-11-4-6-13(10-15,7-5-11)14-8-12(2)9-16-3/h11-12,14-15H,4-10H2,1-3H3. The maximum Gasteiger partial charge on any atom is 0.0613 e. The molecule has 16 heavy (non-hydrogen) atoms. The van der Waals surface area contributed by atoms with Gasteiger partial charge in [-0.05, 0) is 37.5 Å². The molecule has 0 heterocycles. The highest BCUT2D eigenvalue weighted by Gasteiger charge is 2.33. The fraction of sp³-hybridized carbons (Fsp3) is 1.00. The van der Waals surface area contributed by atoms with E-state index in [1.54, 1.807) is 7.11 Å². The number of hydrogen-bond acceptors (Lipinski definition) is 3. The Morgan fingerprint density at radius 2 is 2.06 bits per heavy atom. The SMILES string of the molecule is COCC(C)CNC1(CO)CCC(C)CC1. The lowest BCUT2D eigenvalue weighted by atomic mass is 9.77. The molecule has 3 nitrogen and oxygen atoms in total. The fourth-order valence-corrected chi connectivity index (χ4v) is 2.44. The Kier molecular flexibility index (Phi) is 5.73. The van der Waals surface area contributed by atoms with Crippen molar-refractivity contribution in [2.45, 2.75) is 45.1 Å². The third kappa shape index (κ3) is 4.04. The van der Waals surface area contributed by atoms with Gasteiger partial charge >= 0.3 is 0 Å². The Bertz CT molecular complexity index is 188. The smallest absolute Gasteiger partial charge is 0.0613 e. The van der Waals surface area contributed by atoms with Crippen LogP contribution in [0.3, 0.4) is 0 Å². The van der Waals surface area contributed by atoms with Gasteiger partial charge in [-0.2, -0.15) is 0 Å². The van der Waals surface area contributed by atoms with E-state index in [4.69, 9.17) is 4.74 Å². The average molecular weight is 229 g/mol. The molecule has 3 heteroatoms. The lowest BCUT2D eigenvalue weighted by Gasteiger charge is -2.39. The Hall–Kier alpha value is -0.120. The van der Waals surface area contributed by atoms with Gasteiger partial charge in [-0.15, -0.1) is 0 Å². The summed E-state index contributed by atoms with van der Waals surface area (Å²) in [7, 11) is 1.74. The van der Waals surface area contributed by atoms with Gasteiger partial charge in [-0.1, -0.05) is 13.8 Å². The number of ether oxygens (including phenoxy) is 1. The van der Waals surface area contributed by atoms with Gasteiger partial charge in [0.1, 0.15) is 0 Å². The zero-order valence-electron chi connectivity index (χ0n) is 11.0. The molecule has 1 fully saturated rings. The van der Waals surface area contributed by atoms with Crippen molar-refractivity contribution in [3.63, 3.8) is 0 Å². The molecule has 0 aliphatic heterocycles. The summed E-state index contributed by atoms with van der Waals surface area (Å²) >= 11 is 0. The van der Waals surface area contributed by atoms with Crippen LogP contribution < -0.4 is 5.32 Å². The zero-order chi connectivity index (χ0) is 12.0. The second-order valence-electron chi connectivity index (χ2n) is 5.56. The van der Waals surface area contributed by atoms with E-state index in [0.717, 1.165) is 31.9 Å². The molecule has 2 N–H and O–H groups in total. The minimum absolute atomic E-state index is 0.0193. The quantitative estimate of drug-likeness (QED) is 0.730. The maximum atomic E-state index is 9.58. The van der Waals surface area contributed by atoms with E-state index in [1.807, 2.05) is 0 Å². The third-order valence-electron chi connectivity index (χ3n) is 3.81. The Morgan fingerprint density at radius 1 is 1.44 bits per heavy atom. The number of nitrogens with one attached hydrogen (secondary N) is 1. The minimum atomic E-state index is -0.0193. The molecule has 0 aromatic carbocycles. The molecule has 0 amide bonds. The van der Waals surface area contributed by atoms with E-state index in [9.17, 15) is 5.11 Å². The lowest BCUT2D eigenvalue weighted by Crippen LogP contribution is -2.52. The van der Waals surface area contributed by atoms with Crippen LogP contribution >= 0.6 is 0 Å². The number of hydrogen-bond donors (Lipinski definition) is 2. The highest BCUT2D eigenvalue weighted by atomic mass is 16.5. The Morgan fingerprint density at radius 3 is 2.56 bits per heavy atom. The van der Waals surface area contributed by atoms with Crippen molar-refractivity contribution in [2.75, 3.05) is 26.9 Å². The van der Waals surface area contributed by atoms with Gasteiger partial charge in [-0.3, -0.25) is 0 Å². The van der Waals surface area contributed by atoms with E-state index in [0.29, 0.717) is 5.92 Å². The van der Waals surface area contributed by atoms with Crippen LogP contribution in [-0.2, 0) is 4.74 Å². The van der Waals surface area contributed by atoms with E-state index < -0.39 is 0 Å². The molecule has 0 spiro atoms. The van der Waals surface area contributed by atoms with Crippen LogP contribution in [0, 0.1) is 11.8 Å². The molecule has 1 unspecified atom stereocenters. The molecule has 0 saturated heterocycles. The number of rotatable bonds is 6. The van der Waals surface area contributed by atoms with E-state index in [-0.39, 0.29) is 12.1 Å². The van der Waals surface area contributed by atoms with Gasteiger partial charge in [0, 0.05) is 25.8 Å². The van der Waals surface area contributed by atoms with Crippen LogP contribution in [0.15, 0.2) is 0 Å². The van der Waals surface area contributed by atoms with E-state index in [2.05, 4.69) is 19.2 Å². The molecule has 1 atom stereocenters. The fourth-order valence-electron chi connectivity index (χ4n) is 2.44. The van der Waals surface area contributed by atoms with Crippen LogP contribution in [0.2, 0.25) is 0 Å². The average Bonchev–Trinajstić information content (AvgIpc) is 2.30. The van der Waals surface area contributed by atoms with Crippen molar-refractivity contribution in [3.8, 4) is 0 Å². The lowest BCUT2D eigenvalue weighted by molar-refractivity contribution is 0.0922. The first kappa shape index (κ1) is 13.9. The summed E-state index contributed by atoms with van der Waals surface area (Å²) in [6.45, 7) is 6.45. The second-order valence-corrected chi connectivity index (χ2v) is 5.56. The zero-order valence-corrected chi connectivity index (χ0v) is 11.0. The molecule has 1 aliphatic carbocycles. The van der Waals surface area contributed by atoms with Crippen LogP contribution in [0.1, 0.15) is 39.5 Å². The molecule has 96 valence electrons. The summed E-state index contributed by atoms with van der Waals surface area (Å²) in [6.07, 6.45) is 4.66. The second kappa shape index (κ2) is 6.58. The van der Waals surface area contributed by atoms with Crippen molar-refractivity contribution >= 4 is 0 Å². The first-order valence-corrected chi connectivity index (χ1v) is 6.47. The molecular formula is C13H27NO2. The van der Waals surface area contributed by atoms with Gasteiger partial charge in [0.05, 0.1) is 6.61 Å². The van der Waals surface area contributed by atoms with Gasteiger partial charge in [0.2, 0.25) is 0 Å². The van der Waals surface area contributed by atoms with E-state index in [1.165, 1.54) is 12.8 Å². The summed E-state index contributed by atoms with van der Waals surface area (Å²) in [6, 6.07) is 0. The third-order valence-corrected chi connectivity index (χ3v) is 3.81. The van der Waals surface area contributed by atoms with Crippen molar-refractivity contribution in [1.29, 1.82) is 0 Å². The van der Waals surface area contributed by atoms with Gasteiger partial charge < -0.3 is 15.2 Å². The molecule has 0 radical (unpaired) electrons. The van der Waals surface area contributed by atoms with Gasteiger partial charge in [0.15, 0.2) is 0 Å². The number of aliphatic hydroxyl groups is 1. The predicted octanol–water partition coefficient (Wildman–Crippen LogP) is 1.80. The summed E-state index contributed by atoms with van der Waals surface area (Å²) < 4.78 is 5.12. The molecular weight excluding hydrogens is 202 g/mol. The minimum Gasteiger partial charge on any atom is -0.394 e. The molecule has 0 aromatic heterocycles. The summed E-state index contributed by atoms with van der Waals surface area (Å²) in [5.74, 6) is 1.32. The largest absolute Gasteiger partial charge is 0.394 e. The van der Waals surface area contributed by atoms with Crippen molar-refractivity contribution in [2.24, 2.45) is 11.8 Å². The summed E-state index contributed by atoms with van der Waals surface area (Å²) in [4.78, 5) is 0. The molecule has 1 aliphatic rings. The van der Waals surface area contributed by atoms with E-state index >= 15 is 0 Å².